The van der Waals surface area contributed by atoms with Crippen LogP contribution >= 0.6 is 0 Å². The summed E-state index contributed by atoms with van der Waals surface area (Å²) in [6, 6.07) is 6.06. The van der Waals surface area contributed by atoms with Crippen LogP contribution in [0.3, 0.4) is 0 Å². The van der Waals surface area contributed by atoms with Gasteiger partial charge in [-0.1, -0.05) is 12.1 Å². The molecule has 5 heteroatoms. The van der Waals surface area contributed by atoms with Gasteiger partial charge in [-0.25, -0.2) is 4.39 Å². The molecule has 1 aliphatic heterocycles. The number of hydrogen-bond acceptors (Lipinski definition) is 2. The molecule has 0 radical (unpaired) electrons. The van der Waals surface area contributed by atoms with Crippen LogP contribution in [0.2, 0.25) is 0 Å². The number of aliphatic carboxylic acids is 1. The number of carboxylic acid groups (broad SMARTS) is 1. The van der Waals surface area contributed by atoms with Gasteiger partial charge in [0.05, 0.1) is 5.92 Å². The summed E-state index contributed by atoms with van der Waals surface area (Å²) in [6.07, 6.45) is 1.41. The third kappa shape index (κ3) is 3.53. The number of aryl methyl sites for hydroxylation is 1. The van der Waals surface area contributed by atoms with Crippen LogP contribution in [0.25, 0.3) is 0 Å². The minimum Gasteiger partial charge on any atom is -0.481 e. The maximum Gasteiger partial charge on any atom is 0.308 e. The minimum absolute atomic E-state index is 0.0342. The van der Waals surface area contributed by atoms with Crippen LogP contribution in [0.4, 0.5) is 4.39 Å². The minimum atomic E-state index is -0.839. The van der Waals surface area contributed by atoms with Crippen molar-refractivity contribution < 1.29 is 19.1 Å². The van der Waals surface area contributed by atoms with Gasteiger partial charge in [-0.3, -0.25) is 9.59 Å². The van der Waals surface area contributed by atoms with E-state index in [4.69, 9.17) is 5.11 Å². The van der Waals surface area contributed by atoms with Crippen LogP contribution in [-0.4, -0.2) is 35.0 Å². The van der Waals surface area contributed by atoms with E-state index in [9.17, 15) is 14.0 Å². The first-order valence-corrected chi connectivity index (χ1v) is 6.31. The van der Waals surface area contributed by atoms with Crippen molar-refractivity contribution in [2.75, 3.05) is 13.1 Å². The van der Waals surface area contributed by atoms with Crippen LogP contribution < -0.4 is 0 Å². The predicted molar refractivity (Wildman–Crippen MR) is 67.0 cm³/mol. The van der Waals surface area contributed by atoms with Gasteiger partial charge < -0.3 is 10.0 Å². The number of benzene rings is 1. The fraction of sp³-hybridized carbons (Fsp3) is 0.429. The molecule has 19 heavy (non-hydrogen) atoms. The summed E-state index contributed by atoms with van der Waals surface area (Å²) < 4.78 is 12.7. The van der Waals surface area contributed by atoms with E-state index in [2.05, 4.69) is 0 Å². The van der Waals surface area contributed by atoms with Crippen LogP contribution in [0.5, 0.6) is 0 Å². The Bertz CT molecular complexity index is 472. The number of rotatable bonds is 4. The molecule has 2 rings (SSSR count). The van der Waals surface area contributed by atoms with Crippen LogP contribution in [0, 0.1) is 11.7 Å². The summed E-state index contributed by atoms with van der Waals surface area (Å²) >= 11 is 0. The van der Waals surface area contributed by atoms with Gasteiger partial charge in [-0.2, -0.15) is 0 Å². The first kappa shape index (κ1) is 13.5. The number of hydrogen-bond donors (Lipinski definition) is 1. The van der Waals surface area contributed by atoms with Gasteiger partial charge in [0.1, 0.15) is 5.82 Å². The van der Waals surface area contributed by atoms with Gasteiger partial charge >= 0.3 is 5.97 Å². The van der Waals surface area contributed by atoms with Crippen LogP contribution in [0.1, 0.15) is 18.4 Å². The molecule has 1 saturated heterocycles. The third-order valence-electron chi connectivity index (χ3n) is 3.43. The van der Waals surface area contributed by atoms with Gasteiger partial charge in [0.15, 0.2) is 0 Å². The molecule has 1 N–H and O–H groups in total. The molecule has 0 bridgehead atoms. The second-order valence-electron chi connectivity index (χ2n) is 4.79. The first-order chi connectivity index (χ1) is 9.06. The number of likely N-dealkylation sites (tertiary alicyclic amines) is 1. The Morgan fingerprint density at radius 3 is 2.58 bits per heavy atom. The molecule has 0 spiro atoms. The quantitative estimate of drug-likeness (QED) is 0.901. The molecule has 1 aliphatic rings. The topological polar surface area (TPSA) is 57.6 Å². The van der Waals surface area contributed by atoms with Crippen LogP contribution in [0.15, 0.2) is 24.3 Å². The van der Waals surface area contributed by atoms with Crippen LogP contribution in [-0.2, 0) is 16.0 Å². The number of nitrogens with zero attached hydrogens (tertiary/aromatic N) is 1. The van der Waals surface area contributed by atoms with E-state index in [1.807, 2.05) is 0 Å². The Morgan fingerprint density at radius 1 is 1.32 bits per heavy atom. The SMILES string of the molecule is O=C(O)C1CCN(C(=O)CCc2ccc(F)cc2)C1. The van der Waals surface area contributed by atoms with Gasteiger partial charge in [0.2, 0.25) is 5.91 Å². The molecule has 1 aromatic rings. The summed E-state index contributed by atoms with van der Waals surface area (Å²) in [5.41, 5.74) is 0.906. The number of carbonyl (C=O) groups excluding carboxylic acids is 1. The van der Waals surface area contributed by atoms with E-state index >= 15 is 0 Å². The highest BCUT2D eigenvalue weighted by Gasteiger charge is 2.30. The summed E-state index contributed by atoms with van der Waals surface area (Å²) in [6.45, 7) is 0.816. The standard InChI is InChI=1S/C14H16FNO3/c15-12-4-1-10(2-5-12)3-6-13(17)16-8-7-11(9-16)14(18)19/h1-2,4-5,11H,3,6-9H2,(H,18,19). The molecular formula is C14H16FNO3. The fourth-order valence-electron chi connectivity index (χ4n) is 2.25. The fourth-order valence-corrected chi connectivity index (χ4v) is 2.25. The van der Waals surface area contributed by atoms with Crippen molar-refractivity contribution in [2.45, 2.75) is 19.3 Å². The lowest BCUT2D eigenvalue weighted by Gasteiger charge is -2.15. The van der Waals surface area contributed by atoms with Gasteiger partial charge in [-0.05, 0) is 30.5 Å². The molecule has 1 fully saturated rings. The number of halogens is 1. The van der Waals surface area contributed by atoms with Gasteiger partial charge in [0.25, 0.3) is 0 Å². The monoisotopic (exact) mass is 265 g/mol. The van der Waals surface area contributed by atoms with E-state index in [1.165, 1.54) is 12.1 Å². The normalized spacial score (nSPS) is 18.6. The molecule has 1 unspecified atom stereocenters. The summed E-state index contributed by atoms with van der Waals surface area (Å²) in [4.78, 5) is 24.3. The van der Waals surface area contributed by atoms with Crippen molar-refractivity contribution >= 4 is 11.9 Å². The first-order valence-electron chi connectivity index (χ1n) is 6.31. The van der Waals surface area contributed by atoms with Crippen molar-refractivity contribution in [1.82, 2.24) is 4.90 Å². The Hall–Kier alpha value is -1.91. The second kappa shape index (κ2) is 5.82. The Morgan fingerprint density at radius 2 is 2.00 bits per heavy atom. The average molecular weight is 265 g/mol. The largest absolute Gasteiger partial charge is 0.481 e. The Balaban J connectivity index is 1.82. The predicted octanol–water partition coefficient (Wildman–Crippen LogP) is 1.69. The van der Waals surface area contributed by atoms with Crippen molar-refractivity contribution in [3.05, 3.63) is 35.6 Å². The van der Waals surface area contributed by atoms with Crippen molar-refractivity contribution in [2.24, 2.45) is 5.92 Å². The molecule has 102 valence electrons. The number of carboxylic acids is 1. The lowest BCUT2D eigenvalue weighted by atomic mass is 10.1. The van der Waals surface area contributed by atoms with E-state index in [0.717, 1.165) is 5.56 Å². The molecule has 0 aromatic heterocycles. The molecule has 1 heterocycles. The summed E-state index contributed by atoms with van der Waals surface area (Å²) in [5.74, 6) is -1.60. The molecule has 0 aliphatic carbocycles. The molecule has 0 saturated carbocycles. The Labute approximate surface area is 110 Å². The zero-order chi connectivity index (χ0) is 13.8. The molecule has 1 amide bonds. The van der Waals surface area contributed by atoms with Crippen molar-refractivity contribution in [1.29, 1.82) is 0 Å². The van der Waals surface area contributed by atoms with E-state index < -0.39 is 11.9 Å². The van der Waals surface area contributed by atoms with Crippen molar-refractivity contribution in [3.63, 3.8) is 0 Å². The van der Waals surface area contributed by atoms with E-state index in [1.54, 1.807) is 17.0 Å². The molecule has 1 aromatic carbocycles. The van der Waals surface area contributed by atoms with Gasteiger partial charge in [-0.15, -0.1) is 0 Å². The highest BCUT2D eigenvalue weighted by molar-refractivity contribution is 5.78. The summed E-state index contributed by atoms with van der Waals surface area (Å²) in [7, 11) is 0. The zero-order valence-electron chi connectivity index (χ0n) is 10.5. The molecule has 4 nitrogen and oxygen atoms in total. The van der Waals surface area contributed by atoms with Gasteiger partial charge in [0, 0.05) is 19.5 Å². The van der Waals surface area contributed by atoms with E-state index in [0.29, 0.717) is 32.4 Å². The number of amides is 1. The van der Waals surface area contributed by atoms with E-state index in [-0.39, 0.29) is 11.7 Å². The third-order valence-corrected chi connectivity index (χ3v) is 3.43. The maximum absolute atomic E-state index is 12.7. The lowest BCUT2D eigenvalue weighted by molar-refractivity contribution is -0.141. The maximum atomic E-state index is 12.7. The summed E-state index contributed by atoms with van der Waals surface area (Å²) in [5, 5.41) is 8.87. The number of carbonyl (C=O) groups is 2. The highest BCUT2D eigenvalue weighted by atomic mass is 19.1. The highest BCUT2D eigenvalue weighted by Crippen LogP contribution is 2.17. The second-order valence-corrected chi connectivity index (χ2v) is 4.79. The molecular weight excluding hydrogens is 249 g/mol. The Kier molecular flexibility index (Phi) is 4.14. The average Bonchev–Trinajstić information content (AvgIpc) is 2.87. The molecule has 1 atom stereocenters. The zero-order valence-corrected chi connectivity index (χ0v) is 10.5. The van der Waals surface area contributed by atoms with Crippen molar-refractivity contribution in [3.8, 4) is 0 Å². The smallest absolute Gasteiger partial charge is 0.308 e. The lowest BCUT2D eigenvalue weighted by Crippen LogP contribution is -2.30.